The summed E-state index contributed by atoms with van der Waals surface area (Å²) < 4.78 is 3.68. The average Bonchev–Trinajstić information content (AvgIpc) is 2.38. The Bertz CT molecular complexity index is 460. The first-order chi connectivity index (χ1) is 7.90. The maximum Gasteiger partial charge on any atom is 0.0167 e. The molecular weight excluding hydrogens is 214 g/mol. The molecule has 0 saturated carbocycles. The van der Waals surface area contributed by atoms with E-state index in [1.54, 1.807) is 6.21 Å². The van der Waals surface area contributed by atoms with Crippen molar-refractivity contribution in [3.63, 3.8) is 0 Å². The van der Waals surface area contributed by atoms with Crippen LogP contribution in [0.25, 0.3) is 11.1 Å². The van der Waals surface area contributed by atoms with Crippen molar-refractivity contribution in [2.75, 3.05) is 0 Å². The predicted molar refractivity (Wildman–Crippen MR) is 73.1 cm³/mol. The van der Waals surface area contributed by atoms with Gasteiger partial charge in [0.1, 0.15) is 0 Å². The largest absolute Gasteiger partial charge is 0.232 e. The molecule has 1 nitrogen and oxygen atoms in total. The highest BCUT2D eigenvalue weighted by atomic mass is 32.1. The molecule has 0 fully saturated rings. The van der Waals surface area contributed by atoms with Crippen molar-refractivity contribution in [1.29, 1.82) is 0 Å². The highest BCUT2D eigenvalue weighted by Gasteiger charge is 1.96. The van der Waals surface area contributed by atoms with Crippen LogP contribution in [0, 0.1) is 0 Å². The third-order valence-electron chi connectivity index (χ3n) is 2.47. The average molecular weight is 227 g/mol. The number of benzene rings is 2. The second-order valence-corrected chi connectivity index (χ2v) is 3.80. The molecule has 2 aromatic carbocycles. The molecule has 0 aliphatic heterocycles. The van der Waals surface area contributed by atoms with Gasteiger partial charge in [-0.2, -0.15) is 0 Å². The first kappa shape index (κ1) is 11.0. The van der Waals surface area contributed by atoms with Crippen LogP contribution in [0.2, 0.25) is 0 Å². The third kappa shape index (κ3) is 2.74. The molecule has 0 aliphatic carbocycles. The van der Waals surface area contributed by atoms with Gasteiger partial charge in [-0.25, -0.2) is 4.40 Å². The van der Waals surface area contributed by atoms with Crippen molar-refractivity contribution in [3.8, 4) is 11.1 Å². The highest BCUT2D eigenvalue weighted by molar-refractivity contribution is 7.78. The first-order valence-electron chi connectivity index (χ1n) is 5.20. The molecule has 16 heavy (non-hydrogen) atoms. The van der Waals surface area contributed by atoms with Crippen molar-refractivity contribution < 1.29 is 0 Å². The third-order valence-corrected chi connectivity index (χ3v) is 2.63. The van der Waals surface area contributed by atoms with E-state index in [4.69, 9.17) is 0 Å². The Morgan fingerprint density at radius 1 is 0.875 bits per heavy atom. The monoisotopic (exact) mass is 227 g/mol. The van der Waals surface area contributed by atoms with Gasteiger partial charge in [-0.05, 0) is 29.5 Å². The van der Waals surface area contributed by atoms with Crippen molar-refractivity contribution in [1.82, 2.24) is 0 Å². The van der Waals surface area contributed by atoms with Crippen molar-refractivity contribution in [3.05, 3.63) is 60.2 Å². The van der Waals surface area contributed by atoms with E-state index in [-0.39, 0.29) is 0 Å². The molecule has 0 N–H and O–H groups in total. The van der Waals surface area contributed by atoms with E-state index in [1.165, 1.54) is 16.7 Å². The van der Waals surface area contributed by atoms with Crippen molar-refractivity contribution in [2.24, 2.45) is 4.40 Å². The fourth-order valence-corrected chi connectivity index (χ4v) is 1.69. The van der Waals surface area contributed by atoms with E-state index < -0.39 is 0 Å². The van der Waals surface area contributed by atoms with Crippen LogP contribution in [-0.4, -0.2) is 6.21 Å². The van der Waals surface area contributed by atoms with Crippen LogP contribution in [-0.2, 0) is 6.42 Å². The van der Waals surface area contributed by atoms with Crippen LogP contribution in [0.15, 0.2) is 59.0 Å². The molecule has 0 amide bonds. The zero-order valence-electron chi connectivity index (χ0n) is 8.88. The maximum absolute atomic E-state index is 3.80. The molecule has 0 saturated heterocycles. The first-order valence-corrected chi connectivity index (χ1v) is 5.60. The van der Waals surface area contributed by atoms with Gasteiger partial charge in [0.15, 0.2) is 0 Å². The van der Waals surface area contributed by atoms with Gasteiger partial charge in [0.25, 0.3) is 0 Å². The minimum atomic E-state index is 0.832. The zero-order chi connectivity index (χ0) is 11.2. The lowest BCUT2D eigenvalue weighted by atomic mass is 10.0. The fourth-order valence-electron chi connectivity index (χ4n) is 1.61. The van der Waals surface area contributed by atoms with Gasteiger partial charge in [-0.1, -0.05) is 54.6 Å². The molecule has 80 valence electrons. The van der Waals surface area contributed by atoms with Crippen LogP contribution in [0.3, 0.4) is 0 Å². The summed E-state index contributed by atoms with van der Waals surface area (Å²) in [6.07, 6.45) is 2.62. The number of hydrogen-bond acceptors (Lipinski definition) is 2. The van der Waals surface area contributed by atoms with Gasteiger partial charge in [-0.15, -0.1) is 0 Å². The summed E-state index contributed by atoms with van der Waals surface area (Å²) in [6.45, 7) is 0. The van der Waals surface area contributed by atoms with E-state index in [0.717, 1.165) is 6.42 Å². The predicted octanol–water partition coefficient (Wildman–Crippen LogP) is 3.81. The van der Waals surface area contributed by atoms with Crippen molar-refractivity contribution in [2.45, 2.75) is 6.42 Å². The Kier molecular flexibility index (Phi) is 3.78. The number of nitrogens with zero attached hydrogens (tertiary/aromatic N) is 1. The Labute approximate surface area is 101 Å². The van der Waals surface area contributed by atoms with E-state index in [1.807, 2.05) is 6.07 Å². The molecule has 2 heteroatoms. The number of rotatable bonds is 3. The molecule has 0 heterocycles. The van der Waals surface area contributed by atoms with Crippen LogP contribution in [0.5, 0.6) is 0 Å². The van der Waals surface area contributed by atoms with E-state index in [2.05, 4.69) is 65.7 Å². The lowest BCUT2D eigenvalue weighted by Crippen LogP contribution is -1.85. The maximum atomic E-state index is 3.80. The van der Waals surface area contributed by atoms with Crippen molar-refractivity contribution >= 4 is 19.0 Å². The lowest BCUT2D eigenvalue weighted by Gasteiger charge is -2.02. The van der Waals surface area contributed by atoms with Gasteiger partial charge in [0.05, 0.1) is 0 Å². The van der Waals surface area contributed by atoms with E-state index >= 15 is 0 Å². The van der Waals surface area contributed by atoms with Crippen LogP contribution >= 0.6 is 12.8 Å². The summed E-state index contributed by atoms with van der Waals surface area (Å²) in [5, 5.41) is 0. The fraction of sp³-hybridized carbons (Fsp3) is 0.0714. The molecule has 0 spiro atoms. The molecule has 0 radical (unpaired) electrons. The van der Waals surface area contributed by atoms with Crippen LogP contribution in [0.1, 0.15) is 5.56 Å². The molecule has 2 aromatic rings. The quantitative estimate of drug-likeness (QED) is 0.604. The topological polar surface area (TPSA) is 12.4 Å². The highest BCUT2D eigenvalue weighted by Crippen LogP contribution is 2.19. The minimum Gasteiger partial charge on any atom is -0.232 e. The Hall–Kier alpha value is -1.54. The van der Waals surface area contributed by atoms with Gasteiger partial charge >= 0.3 is 0 Å². The molecule has 0 atom stereocenters. The SMILES string of the molecule is S/N=C/Cc1ccc(-c2ccccc2)cc1. The van der Waals surface area contributed by atoms with Gasteiger partial charge in [0, 0.05) is 12.6 Å². The number of hydrogen-bond donors (Lipinski definition) is 1. The second kappa shape index (κ2) is 5.52. The summed E-state index contributed by atoms with van der Waals surface area (Å²) in [5.74, 6) is 0. The van der Waals surface area contributed by atoms with Gasteiger partial charge in [-0.3, -0.25) is 0 Å². The summed E-state index contributed by atoms with van der Waals surface area (Å²) in [7, 11) is 0. The molecule has 0 aromatic heterocycles. The molecule has 0 bridgehead atoms. The van der Waals surface area contributed by atoms with E-state index in [9.17, 15) is 0 Å². The summed E-state index contributed by atoms with van der Waals surface area (Å²) >= 11 is 3.80. The summed E-state index contributed by atoms with van der Waals surface area (Å²) in [4.78, 5) is 0. The summed E-state index contributed by atoms with van der Waals surface area (Å²) in [6, 6.07) is 18.9. The minimum absolute atomic E-state index is 0.832. The normalized spacial score (nSPS) is 10.8. The Morgan fingerprint density at radius 3 is 2.12 bits per heavy atom. The van der Waals surface area contributed by atoms with Gasteiger partial charge < -0.3 is 0 Å². The van der Waals surface area contributed by atoms with E-state index in [0.29, 0.717) is 0 Å². The Morgan fingerprint density at radius 2 is 1.50 bits per heavy atom. The molecule has 2 rings (SSSR count). The zero-order valence-corrected chi connectivity index (χ0v) is 9.77. The molecule has 0 aliphatic rings. The standard InChI is InChI=1S/C14H13NS/c16-15-11-10-12-6-8-14(9-7-12)13-4-2-1-3-5-13/h1-9,11,16H,10H2/b15-11+. The second-order valence-electron chi connectivity index (χ2n) is 3.57. The lowest BCUT2D eigenvalue weighted by molar-refractivity contribution is 1.36. The Balaban J connectivity index is 2.20. The smallest absolute Gasteiger partial charge is 0.0167 e. The molecule has 0 unspecified atom stereocenters. The molecular formula is C14H13NS. The van der Waals surface area contributed by atoms with Crippen LogP contribution < -0.4 is 0 Å². The number of thiol groups is 1. The summed E-state index contributed by atoms with van der Waals surface area (Å²) in [5.41, 5.74) is 3.74. The van der Waals surface area contributed by atoms with Crippen LogP contribution in [0.4, 0.5) is 0 Å². The van der Waals surface area contributed by atoms with Gasteiger partial charge in [0.2, 0.25) is 0 Å².